The topological polar surface area (TPSA) is 72.5 Å². The fourth-order valence-corrected chi connectivity index (χ4v) is 2.50. The zero-order chi connectivity index (χ0) is 20.1. The maximum absolute atomic E-state index is 13.7. The molecule has 28 heavy (non-hydrogen) atoms. The highest BCUT2D eigenvalue weighted by atomic mass is 19.1. The molecule has 0 fully saturated rings. The van der Waals surface area contributed by atoms with Gasteiger partial charge in [-0.15, -0.1) is 0 Å². The van der Waals surface area contributed by atoms with Crippen molar-refractivity contribution in [3.05, 3.63) is 72.1 Å². The van der Waals surface area contributed by atoms with Crippen LogP contribution in [0, 0.1) is 11.6 Å². The number of amides is 1. The van der Waals surface area contributed by atoms with Gasteiger partial charge in [-0.25, -0.2) is 8.78 Å². The number of nitrogens with one attached hydrogen (secondary N) is 2. The number of carbonyl (C=O) groups excluding carboxylic acids is 1. The smallest absolute Gasteiger partial charge is 0.257 e. The average molecular weight is 385 g/mol. The monoisotopic (exact) mass is 385 g/mol. The molecule has 0 spiro atoms. The van der Waals surface area contributed by atoms with E-state index in [4.69, 9.17) is 9.47 Å². The van der Waals surface area contributed by atoms with Crippen LogP contribution in [0.2, 0.25) is 0 Å². The van der Waals surface area contributed by atoms with E-state index in [1.54, 1.807) is 31.4 Å². The van der Waals surface area contributed by atoms with E-state index in [1.165, 1.54) is 19.5 Å². The molecule has 0 saturated heterocycles. The van der Waals surface area contributed by atoms with E-state index < -0.39 is 17.5 Å². The molecule has 3 rings (SSSR count). The summed E-state index contributed by atoms with van der Waals surface area (Å²) in [5.41, 5.74) is 1.32. The SMILES string of the molecule is COc1ccc(Nc2cncc(C(=O)Nc3ccc(F)cc3F)c2)cc1OC. The van der Waals surface area contributed by atoms with Gasteiger partial charge in [0.2, 0.25) is 0 Å². The summed E-state index contributed by atoms with van der Waals surface area (Å²) in [7, 11) is 3.07. The quantitative estimate of drug-likeness (QED) is 0.659. The lowest BCUT2D eigenvalue weighted by Gasteiger charge is -2.12. The first kappa shape index (κ1) is 19.1. The summed E-state index contributed by atoms with van der Waals surface area (Å²) >= 11 is 0. The molecule has 0 aliphatic heterocycles. The van der Waals surface area contributed by atoms with E-state index in [2.05, 4.69) is 15.6 Å². The molecule has 1 aromatic heterocycles. The van der Waals surface area contributed by atoms with Gasteiger partial charge in [0.25, 0.3) is 5.91 Å². The van der Waals surface area contributed by atoms with E-state index >= 15 is 0 Å². The molecule has 144 valence electrons. The highest BCUT2D eigenvalue weighted by Gasteiger charge is 2.12. The minimum Gasteiger partial charge on any atom is -0.493 e. The van der Waals surface area contributed by atoms with Crippen LogP contribution in [0.3, 0.4) is 0 Å². The maximum atomic E-state index is 13.7. The third kappa shape index (κ3) is 4.35. The standard InChI is InChI=1S/C20H17F2N3O3/c1-27-18-6-4-14(9-19(18)28-2)24-15-7-12(10-23-11-15)20(26)25-17-5-3-13(21)8-16(17)22/h3-11,24H,1-2H3,(H,25,26). The van der Waals surface area contributed by atoms with Crippen molar-refractivity contribution in [3.63, 3.8) is 0 Å². The molecular weight excluding hydrogens is 368 g/mol. The number of rotatable bonds is 6. The van der Waals surface area contributed by atoms with Crippen molar-refractivity contribution in [1.29, 1.82) is 0 Å². The number of nitrogens with zero attached hydrogens (tertiary/aromatic N) is 1. The Hall–Kier alpha value is -3.68. The normalized spacial score (nSPS) is 10.3. The second kappa shape index (κ2) is 8.34. The first-order chi connectivity index (χ1) is 13.5. The predicted octanol–water partition coefficient (Wildman–Crippen LogP) is 4.37. The molecule has 0 bridgehead atoms. The molecule has 8 heteroatoms. The Morgan fingerprint density at radius 2 is 1.71 bits per heavy atom. The molecule has 0 aliphatic carbocycles. The van der Waals surface area contributed by atoms with Crippen molar-refractivity contribution in [1.82, 2.24) is 4.98 Å². The minimum absolute atomic E-state index is 0.121. The summed E-state index contributed by atoms with van der Waals surface area (Å²) in [6.45, 7) is 0. The lowest BCUT2D eigenvalue weighted by molar-refractivity contribution is 0.102. The molecule has 3 aromatic rings. The molecular formula is C20H17F2N3O3. The molecule has 2 N–H and O–H groups in total. The summed E-state index contributed by atoms with van der Waals surface area (Å²) in [4.78, 5) is 16.4. The Morgan fingerprint density at radius 3 is 2.43 bits per heavy atom. The first-order valence-electron chi connectivity index (χ1n) is 8.20. The molecule has 2 aromatic carbocycles. The molecule has 1 amide bonds. The largest absolute Gasteiger partial charge is 0.493 e. The summed E-state index contributed by atoms with van der Waals surface area (Å²) < 4.78 is 37.2. The number of carbonyl (C=O) groups is 1. The minimum atomic E-state index is -0.860. The van der Waals surface area contributed by atoms with Gasteiger partial charge >= 0.3 is 0 Å². The van der Waals surface area contributed by atoms with E-state index in [1.807, 2.05) is 0 Å². The van der Waals surface area contributed by atoms with Crippen LogP contribution in [-0.2, 0) is 0 Å². The van der Waals surface area contributed by atoms with Gasteiger partial charge in [0.05, 0.1) is 37.4 Å². The predicted molar refractivity (Wildman–Crippen MR) is 101 cm³/mol. The Bertz CT molecular complexity index is 1010. The van der Waals surface area contributed by atoms with Crippen LogP contribution in [-0.4, -0.2) is 25.1 Å². The number of methoxy groups -OCH3 is 2. The third-order valence-electron chi connectivity index (χ3n) is 3.85. The van der Waals surface area contributed by atoms with E-state index in [0.717, 1.165) is 12.1 Å². The van der Waals surface area contributed by atoms with Gasteiger partial charge in [-0.3, -0.25) is 9.78 Å². The highest BCUT2D eigenvalue weighted by Crippen LogP contribution is 2.31. The molecule has 0 saturated carbocycles. The lowest BCUT2D eigenvalue weighted by Crippen LogP contribution is -2.13. The molecule has 6 nitrogen and oxygen atoms in total. The number of pyridine rings is 1. The fraction of sp³-hybridized carbons (Fsp3) is 0.100. The lowest BCUT2D eigenvalue weighted by atomic mass is 10.2. The first-order valence-corrected chi connectivity index (χ1v) is 8.20. The van der Waals surface area contributed by atoms with Crippen LogP contribution in [0.15, 0.2) is 54.9 Å². The Balaban J connectivity index is 1.77. The van der Waals surface area contributed by atoms with Crippen molar-refractivity contribution in [2.75, 3.05) is 24.9 Å². The number of halogens is 2. The van der Waals surface area contributed by atoms with Crippen molar-refractivity contribution >= 4 is 23.0 Å². The third-order valence-corrected chi connectivity index (χ3v) is 3.85. The number of anilines is 3. The van der Waals surface area contributed by atoms with Gasteiger partial charge in [0, 0.05) is 24.0 Å². The Labute approximate surface area is 160 Å². The second-order valence-corrected chi connectivity index (χ2v) is 5.74. The van der Waals surface area contributed by atoms with Crippen LogP contribution in [0.5, 0.6) is 11.5 Å². The van der Waals surface area contributed by atoms with Crippen molar-refractivity contribution in [3.8, 4) is 11.5 Å². The van der Waals surface area contributed by atoms with Crippen LogP contribution in [0.1, 0.15) is 10.4 Å². The van der Waals surface area contributed by atoms with Gasteiger partial charge in [-0.2, -0.15) is 0 Å². The molecule has 0 radical (unpaired) electrons. The Morgan fingerprint density at radius 1 is 0.929 bits per heavy atom. The number of hydrogen-bond donors (Lipinski definition) is 2. The Kier molecular flexibility index (Phi) is 5.69. The van der Waals surface area contributed by atoms with Gasteiger partial charge < -0.3 is 20.1 Å². The summed E-state index contributed by atoms with van der Waals surface area (Å²) in [5, 5.41) is 5.50. The molecule has 0 aliphatic rings. The zero-order valence-corrected chi connectivity index (χ0v) is 15.1. The van der Waals surface area contributed by atoms with Crippen molar-refractivity contribution in [2.45, 2.75) is 0 Å². The van der Waals surface area contributed by atoms with Crippen molar-refractivity contribution < 1.29 is 23.0 Å². The van der Waals surface area contributed by atoms with Crippen LogP contribution in [0.25, 0.3) is 0 Å². The van der Waals surface area contributed by atoms with Gasteiger partial charge in [0.1, 0.15) is 11.6 Å². The number of benzene rings is 2. The molecule has 0 atom stereocenters. The molecule has 0 unspecified atom stereocenters. The van der Waals surface area contributed by atoms with Crippen molar-refractivity contribution in [2.24, 2.45) is 0 Å². The van der Waals surface area contributed by atoms with Crippen LogP contribution < -0.4 is 20.1 Å². The highest BCUT2D eigenvalue weighted by molar-refractivity contribution is 6.04. The van der Waals surface area contributed by atoms with Gasteiger partial charge in [0.15, 0.2) is 11.5 Å². The van der Waals surface area contributed by atoms with E-state index in [-0.39, 0.29) is 11.3 Å². The molecule has 1 heterocycles. The van der Waals surface area contributed by atoms with Gasteiger partial charge in [-0.1, -0.05) is 0 Å². The maximum Gasteiger partial charge on any atom is 0.257 e. The number of ether oxygens (including phenoxy) is 2. The number of aromatic nitrogens is 1. The number of hydrogen-bond acceptors (Lipinski definition) is 5. The van der Waals surface area contributed by atoms with Gasteiger partial charge in [-0.05, 0) is 30.3 Å². The zero-order valence-electron chi connectivity index (χ0n) is 15.1. The average Bonchev–Trinajstić information content (AvgIpc) is 2.70. The van der Waals surface area contributed by atoms with Crippen LogP contribution in [0.4, 0.5) is 25.8 Å². The van der Waals surface area contributed by atoms with E-state index in [0.29, 0.717) is 28.9 Å². The van der Waals surface area contributed by atoms with E-state index in [9.17, 15) is 13.6 Å². The second-order valence-electron chi connectivity index (χ2n) is 5.74. The summed E-state index contributed by atoms with van der Waals surface area (Å²) in [6, 6.07) is 9.72. The fourth-order valence-electron chi connectivity index (χ4n) is 2.50. The van der Waals surface area contributed by atoms with Crippen LogP contribution >= 0.6 is 0 Å². The summed E-state index contributed by atoms with van der Waals surface area (Å²) in [6.07, 6.45) is 2.88. The summed E-state index contributed by atoms with van der Waals surface area (Å²) in [5.74, 6) is -1.03.